The molecule has 4 aromatic rings. The van der Waals surface area contributed by atoms with E-state index >= 15 is 0 Å². The van der Waals surface area contributed by atoms with Gasteiger partial charge in [0.05, 0.1) is 22.8 Å². The van der Waals surface area contributed by atoms with Crippen molar-refractivity contribution in [3.05, 3.63) is 97.1 Å². The van der Waals surface area contributed by atoms with Crippen LogP contribution in [0.2, 0.25) is 0 Å². The molecule has 7 nitrogen and oxygen atoms in total. The number of rotatable bonds is 9. The summed E-state index contributed by atoms with van der Waals surface area (Å²) in [6.45, 7) is 3.75. The highest BCUT2D eigenvalue weighted by atomic mass is 32.2. The van der Waals surface area contributed by atoms with Crippen LogP contribution in [-0.4, -0.2) is 41.5 Å². The second-order valence-electron chi connectivity index (χ2n) is 8.58. The summed E-state index contributed by atoms with van der Waals surface area (Å²) in [6, 6.07) is 29.1. The number of nitrogens with zero attached hydrogens (tertiary/aromatic N) is 3. The van der Waals surface area contributed by atoms with Crippen LogP contribution in [0.4, 0.5) is 5.82 Å². The number of nitrogens with one attached hydrogen (secondary N) is 1. The minimum absolute atomic E-state index is 0.0424. The van der Waals surface area contributed by atoms with E-state index in [0.717, 1.165) is 11.3 Å². The van der Waals surface area contributed by atoms with E-state index in [9.17, 15) is 13.2 Å². The van der Waals surface area contributed by atoms with Crippen LogP contribution in [0.1, 0.15) is 13.8 Å². The van der Waals surface area contributed by atoms with Crippen LogP contribution >= 0.6 is 0 Å². The second-order valence-corrected chi connectivity index (χ2v) is 10.5. The lowest BCUT2D eigenvalue weighted by Gasteiger charge is -2.23. The van der Waals surface area contributed by atoms with E-state index in [1.807, 2.05) is 74.5 Å². The van der Waals surface area contributed by atoms with Crippen LogP contribution in [0.3, 0.4) is 0 Å². The Hall–Kier alpha value is -3.75. The fourth-order valence-electron chi connectivity index (χ4n) is 3.73. The number of aromatic nitrogens is 2. The van der Waals surface area contributed by atoms with Gasteiger partial charge in [-0.2, -0.15) is 9.40 Å². The van der Waals surface area contributed by atoms with Crippen molar-refractivity contribution in [3.63, 3.8) is 0 Å². The molecule has 4 rings (SSSR count). The largest absolute Gasteiger partial charge is 0.309 e. The van der Waals surface area contributed by atoms with Gasteiger partial charge in [0.1, 0.15) is 5.82 Å². The van der Waals surface area contributed by atoms with Crippen molar-refractivity contribution in [2.24, 2.45) is 5.92 Å². The molecular weight excluding hydrogens is 460 g/mol. The van der Waals surface area contributed by atoms with Gasteiger partial charge in [0.2, 0.25) is 15.9 Å². The van der Waals surface area contributed by atoms with Gasteiger partial charge in [-0.1, -0.05) is 80.6 Å². The normalized spacial score (nSPS) is 11.7. The Balaban J connectivity index is 1.63. The molecule has 0 aliphatic heterocycles. The van der Waals surface area contributed by atoms with Gasteiger partial charge >= 0.3 is 0 Å². The summed E-state index contributed by atoms with van der Waals surface area (Å²) in [6.07, 6.45) is 0. The summed E-state index contributed by atoms with van der Waals surface area (Å²) < 4.78 is 29.4. The summed E-state index contributed by atoms with van der Waals surface area (Å²) >= 11 is 0. The third-order valence-corrected chi connectivity index (χ3v) is 7.14. The molecule has 0 aliphatic carbocycles. The fourth-order valence-corrected chi connectivity index (χ4v) is 5.31. The maximum atomic E-state index is 13.3. The van der Waals surface area contributed by atoms with Crippen LogP contribution in [0, 0.1) is 5.92 Å². The molecule has 180 valence electrons. The van der Waals surface area contributed by atoms with Crippen LogP contribution in [0.15, 0.2) is 102 Å². The third-order valence-electron chi connectivity index (χ3n) is 5.32. The van der Waals surface area contributed by atoms with Gasteiger partial charge in [-0.3, -0.25) is 4.79 Å². The van der Waals surface area contributed by atoms with Crippen molar-refractivity contribution in [2.75, 3.05) is 18.4 Å². The zero-order chi connectivity index (χ0) is 24.8. The Morgan fingerprint density at radius 1 is 0.914 bits per heavy atom. The van der Waals surface area contributed by atoms with Crippen molar-refractivity contribution in [3.8, 4) is 16.9 Å². The Morgan fingerprint density at radius 3 is 2.09 bits per heavy atom. The van der Waals surface area contributed by atoms with Crippen LogP contribution < -0.4 is 5.32 Å². The molecule has 1 amide bonds. The third kappa shape index (κ3) is 5.85. The first kappa shape index (κ1) is 24.4. The van der Waals surface area contributed by atoms with E-state index in [1.54, 1.807) is 28.9 Å². The molecular formula is C27H28N4O3S. The summed E-state index contributed by atoms with van der Waals surface area (Å²) in [4.78, 5) is 13.3. The van der Waals surface area contributed by atoms with Gasteiger partial charge in [-0.25, -0.2) is 13.1 Å². The molecule has 0 aliphatic rings. The Bertz CT molecular complexity index is 1370. The first-order valence-electron chi connectivity index (χ1n) is 11.4. The molecule has 0 saturated heterocycles. The average molecular weight is 489 g/mol. The van der Waals surface area contributed by atoms with Crippen LogP contribution in [-0.2, 0) is 14.8 Å². The average Bonchev–Trinajstić information content (AvgIpc) is 3.28. The van der Waals surface area contributed by atoms with Gasteiger partial charge in [0.25, 0.3) is 0 Å². The molecule has 0 spiro atoms. The molecule has 0 fully saturated rings. The maximum Gasteiger partial charge on any atom is 0.243 e. The van der Waals surface area contributed by atoms with Crippen LogP contribution in [0.25, 0.3) is 16.9 Å². The standard InChI is InChI=1S/C27H28N4O3S/c1-21(2)19-30(35(33,34)24-16-10-5-11-17-24)20-27(32)28-26-18-25(22-12-6-3-7-13-22)29-31(26)23-14-8-4-9-15-23/h3-18,21H,19-20H2,1-2H3,(H,28,32). The lowest BCUT2D eigenvalue weighted by Crippen LogP contribution is -2.40. The summed E-state index contributed by atoms with van der Waals surface area (Å²) in [5, 5.41) is 7.58. The molecule has 0 unspecified atom stereocenters. The van der Waals surface area contributed by atoms with E-state index < -0.39 is 15.9 Å². The quantitative estimate of drug-likeness (QED) is 0.366. The van der Waals surface area contributed by atoms with Crippen molar-refractivity contribution in [1.82, 2.24) is 14.1 Å². The first-order valence-corrected chi connectivity index (χ1v) is 12.8. The molecule has 0 saturated carbocycles. The molecule has 3 aromatic carbocycles. The number of hydrogen-bond donors (Lipinski definition) is 1. The number of para-hydroxylation sites is 1. The van der Waals surface area contributed by atoms with E-state index in [-0.39, 0.29) is 23.9 Å². The Kier molecular flexibility index (Phi) is 7.43. The summed E-state index contributed by atoms with van der Waals surface area (Å²) in [7, 11) is -3.83. The molecule has 8 heteroatoms. The SMILES string of the molecule is CC(C)CN(CC(=O)Nc1cc(-c2ccccc2)nn1-c1ccccc1)S(=O)(=O)c1ccccc1. The number of sulfonamides is 1. The zero-order valence-electron chi connectivity index (χ0n) is 19.7. The number of carbonyl (C=O) groups is 1. The van der Waals surface area contributed by atoms with Crippen molar-refractivity contribution >= 4 is 21.7 Å². The predicted molar refractivity (Wildman–Crippen MR) is 138 cm³/mol. The minimum Gasteiger partial charge on any atom is -0.309 e. The first-order chi connectivity index (χ1) is 16.8. The monoisotopic (exact) mass is 488 g/mol. The van der Waals surface area contributed by atoms with Crippen LogP contribution in [0.5, 0.6) is 0 Å². The predicted octanol–water partition coefficient (Wildman–Crippen LogP) is 4.82. The smallest absolute Gasteiger partial charge is 0.243 e. The summed E-state index contributed by atoms with van der Waals surface area (Å²) in [5.74, 6) is 0.0596. The molecule has 1 aromatic heterocycles. The van der Waals surface area contributed by atoms with Crippen molar-refractivity contribution in [2.45, 2.75) is 18.7 Å². The summed E-state index contributed by atoms with van der Waals surface area (Å²) in [5.41, 5.74) is 2.38. The highest BCUT2D eigenvalue weighted by Gasteiger charge is 2.27. The maximum absolute atomic E-state index is 13.3. The Labute approximate surface area is 206 Å². The van der Waals surface area contributed by atoms with Gasteiger partial charge in [-0.05, 0) is 30.2 Å². The molecule has 0 atom stereocenters. The molecule has 0 bridgehead atoms. The van der Waals surface area contributed by atoms with Gasteiger partial charge in [-0.15, -0.1) is 0 Å². The minimum atomic E-state index is -3.83. The number of carbonyl (C=O) groups excluding carboxylic acids is 1. The Morgan fingerprint density at radius 2 is 1.49 bits per heavy atom. The molecule has 0 radical (unpaired) electrons. The van der Waals surface area contributed by atoms with Gasteiger partial charge in [0.15, 0.2) is 0 Å². The van der Waals surface area contributed by atoms with Gasteiger partial charge < -0.3 is 5.32 Å². The van der Waals surface area contributed by atoms with E-state index in [0.29, 0.717) is 11.5 Å². The highest BCUT2D eigenvalue weighted by molar-refractivity contribution is 7.89. The van der Waals surface area contributed by atoms with Gasteiger partial charge in [0, 0.05) is 18.2 Å². The highest BCUT2D eigenvalue weighted by Crippen LogP contribution is 2.25. The van der Waals surface area contributed by atoms with Crippen molar-refractivity contribution in [1.29, 1.82) is 0 Å². The second kappa shape index (κ2) is 10.7. The van der Waals surface area contributed by atoms with E-state index in [1.165, 1.54) is 16.4 Å². The molecule has 1 heterocycles. The number of hydrogen-bond acceptors (Lipinski definition) is 4. The topological polar surface area (TPSA) is 84.3 Å². The van der Waals surface area contributed by atoms with E-state index in [2.05, 4.69) is 5.32 Å². The number of benzene rings is 3. The molecule has 35 heavy (non-hydrogen) atoms. The van der Waals surface area contributed by atoms with Crippen molar-refractivity contribution < 1.29 is 13.2 Å². The fraction of sp³-hybridized carbons (Fsp3) is 0.185. The number of amides is 1. The lowest BCUT2D eigenvalue weighted by atomic mass is 10.1. The lowest BCUT2D eigenvalue weighted by molar-refractivity contribution is -0.116. The zero-order valence-corrected chi connectivity index (χ0v) is 20.5. The molecule has 1 N–H and O–H groups in total. The number of anilines is 1. The van der Waals surface area contributed by atoms with E-state index in [4.69, 9.17) is 5.10 Å².